The molecule has 8 heteroatoms. The molecule has 0 atom stereocenters. The summed E-state index contributed by atoms with van der Waals surface area (Å²) in [5.74, 6) is 1.03. The van der Waals surface area contributed by atoms with Crippen molar-refractivity contribution in [1.29, 1.82) is 0 Å². The molecule has 4 rings (SSSR count). The summed E-state index contributed by atoms with van der Waals surface area (Å²) in [6.45, 7) is 8.62. The van der Waals surface area contributed by atoms with Gasteiger partial charge < -0.3 is 14.7 Å². The number of hydrogen-bond donors (Lipinski definition) is 1. The summed E-state index contributed by atoms with van der Waals surface area (Å²) in [6.07, 6.45) is 3.63. The van der Waals surface area contributed by atoms with Gasteiger partial charge in [-0.05, 0) is 25.5 Å². The van der Waals surface area contributed by atoms with E-state index >= 15 is 0 Å². The van der Waals surface area contributed by atoms with Crippen LogP contribution in [0.2, 0.25) is 0 Å². The first-order chi connectivity index (χ1) is 14.3. The van der Waals surface area contributed by atoms with E-state index < -0.39 is 0 Å². The molecular formula is C21H28N6OS. The average molecular weight is 413 g/mol. The predicted octanol–water partition coefficient (Wildman–Crippen LogP) is 3.00. The average Bonchev–Trinajstić information content (AvgIpc) is 3.40. The Hall–Kier alpha value is -2.45. The van der Waals surface area contributed by atoms with Gasteiger partial charge in [-0.15, -0.1) is 11.3 Å². The summed E-state index contributed by atoms with van der Waals surface area (Å²) in [6, 6.07) is 10.3. The van der Waals surface area contributed by atoms with E-state index in [1.54, 1.807) is 17.6 Å². The molecule has 154 valence electrons. The molecular weight excluding hydrogens is 384 g/mol. The first-order valence-electron chi connectivity index (χ1n) is 10.3. The van der Waals surface area contributed by atoms with Crippen LogP contribution in [0.25, 0.3) is 10.2 Å². The maximum absolute atomic E-state index is 4.93. The number of aromatic nitrogens is 2. The van der Waals surface area contributed by atoms with Gasteiger partial charge in [-0.1, -0.05) is 17.3 Å². The molecule has 0 spiro atoms. The number of aliphatic imine (C=N–C) groups is 1. The molecule has 0 amide bonds. The zero-order valence-electron chi connectivity index (χ0n) is 16.9. The lowest BCUT2D eigenvalue weighted by Crippen LogP contribution is -2.52. The molecule has 0 unspecified atom stereocenters. The number of para-hydroxylation sites is 1. The fourth-order valence-electron chi connectivity index (χ4n) is 3.53. The molecule has 1 aliphatic heterocycles. The van der Waals surface area contributed by atoms with E-state index in [0.717, 1.165) is 75.8 Å². The zero-order valence-corrected chi connectivity index (χ0v) is 17.7. The Kier molecular flexibility index (Phi) is 6.74. The summed E-state index contributed by atoms with van der Waals surface area (Å²) in [4.78, 5) is 14.4. The smallest absolute Gasteiger partial charge is 0.194 e. The molecule has 3 aromatic rings. The molecule has 1 N–H and O–H groups in total. The minimum atomic E-state index is 0.817. The third-order valence-corrected chi connectivity index (χ3v) is 6.13. The molecule has 0 radical (unpaired) electrons. The van der Waals surface area contributed by atoms with E-state index in [1.165, 1.54) is 9.71 Å². The van der Waals surface area contributed by atoms with E-state index in [0.29, 0.717) is 0 Å². The topological polar surface area (TPSA) is 69.8 Å². The Labute approximate surface area is 175 Å². The second-order valence-corrected chi connectivity index (χ2v) is 8.28. The van der Waals surface area contributed by atoms with Crippen molar-refractivity contribution in [2.24, 2.45) is 4.99 Å². The highest BCUT2D eigenvalue weighted by Gasteiger charge is 2.20. The van der Waals surface area contributed by atoms with Gasteiger partial charge in [-0.3, -0.25) is 9.89 Å². The number of benzene rings is 1. The maximum Gasteiger partial charge on any atom is 0.194 e. The van der Waals surface area contributed by atoms with E-state index in [4.69, 9.17) is 14.5 Å². The quantitative estimate of drug-likeness (QED) is 0.365. The number of guanidine groups is 1. The number of piperazine rings is 1. The van der Waals surface area contributed by atoms with Crippen molar-refractivity contribution in [2.75, 3.05) is 39.3 Å². The maximum atomic E-state index is 4.93. The third-order valence-electron chi connectivity index (χ3n) is 5.03. The van der Waals surface area contributed by atoms with Gasteiger partial charge >= 0.3 is 0 Å². The number of hydrogen-bond acceptors (Lipinski definition) is 6. The molecule has 1 aliphatic rings. The highest BCUT2D eigenvalue weighted by Crippen LogP contribution is 2.22. The van der Waals surface area contributed by atoms with Crippen LogP contribution in [0, 0.1) is 0 Å². The van der Waals surface area contributed by atoms with Crippen LogP contribution in [0.4, 0.5) is 0 Å². The largest absolute Gasteiger partial charge is 0.364 e. The number of aryl methyl sites for hydroxylation is 1. The second kappa shape index (κ2) is 9.84. The number of rotatable bonds is 7. The third kappa shape index (κ3) is 5.33. The summed E-state index contributed by atoms with van der Waals surface area (Å²) in [5.41, 5.74) is 2.10. The monoisotopic (exact) mass is 412 g/mol. The first kappa shape index (κ1) is 19.8. The van der Waals surface area contributed by atoms with Crippen molar-refractivity contribution in [3.8, 4) is 0 Å². The van der Waals surface area contributed by atoms with Crippen LogP contribution in [0.5, 0.6) is 0 Å². The number of nitrogens with one attached hydrogen (secondary N) is 1. The zero-order chi connectivity index (χ0) is 19.9. The van der Waals surface area contributed by atoms with Crippen molar-refractivity contribution in [1.82, 2.24) is 25.3 Å². The molecule has 0 bridgehead atoms. The van der Waals surface area contributed by atoms with Crippen LogP contribution < -0.4 is 5.32 Å². The van der Waals surface area contributed by atoms with Gasteiger partial charge in [0.2, 0.25) is 0 Å². The van der Waals surface area contributed by atoms with Gasteiger partial charge in [-0.2, -0.15) is 0 Å². The molecule has 3 heterocycles. The number of nitrogens with zero attached hydrogens (tertiary/aromatic N) is 5. The van der Waals surface area contributed by atoms with Gasteiger partial charge in [0.15, 0.2) is 5.96 Å². The highest BCUT2D eigenvalue weighted by molar-refractivity contribution is 7.18. The van der Waals surface area contributed by atoms with Crippen molar-refractivity contribution in [3.63, 3.8) is 0 Å². The van der Waals surface area contributed by atoms with Crippen LogP contribution in [-0.4, -0.2) is 65.2 Å². The Morgan fingerprint density at radius 1 is 1.21 bits per heavy atom. The lowest BCUT2D eigenvalue weighted by atomic mass is 10.3. The van der Waals surface area contributed by atoms with Gasteiger partial charge in [0, 0.05) is 58.3 Å². The van der Waals surface area contributed by atoms with Crippen molar-refractivity contribution < 1.29 is 4.52 Å². The van der Waals surface area contributed by atoms with Crippen LogP contribution in [0.1, 0.15) is 24.0 Å². The summed E-state index contributed by atoms with van der Waals surface area (Å²) < 4.78 is 6.20. The van der Waals surface area contributed by atoms with E-state index in [-0.39, 0.29) is 0 Å². The Morgan fingerprint density at radius 3 is 2.83 bits per heavy atom. The van der Waals surface area contributed by atoms with Gasteiger partial charge in [0.25, 0.3) is 0 Å². The summed E-state index contributed by atoms with van der Waals surface area (Å²) in [5, 5.41) is 8.66. The Morgan fingerprint density at radius 2 is 2.07 bits per heavy atom. The van der Waals surface area contributed by atoms with Crippen molar-refractivity contribution >= 4 is 27.5 Å². The standard InChI is InChI=1S/C21H28N6OS/c1-2-22-21(27-13-11-26(12-14-27)16-17-9-15-28-25-17)23-10-5-8-20-24-18-6-3-4-7-19(18)29-20/h3-4,6-7,9,15H,2,5,8,10-14,16H2,1H3,(H,22,23). The number of thiazole rings is 1. The van der Waals surface area contributed by atoms with E-state index in [9.17, 15) is 0 Å². The second-order valence-electron chi connectivity index (χ2n) is 7.17. The summed E-state index contributed by atoms with van der Waals surface area (Å²) >= 11 is 1.79. The molecule has 0 aliphatic carbocycles. The van der Waals surface area contributed by atoms with E-state index in [1.807, 2.05) is 12.1 Å². The first-order valence-corrected chi connectivity index (χ1v) is 11.1. The Bertz CT molecular complexity index is 881. The fourth-order valence-corrected chi connectivity index (χ4v) is 4.54. The van der Waals surface area contributed by atoms with Gasteiger partial charge in [0.1, 0.15) is 6.26 Å². The van der Waals surface area contributed by atoms with Crippen LogP contribution in [-0.2, 0) is 13.0 Å². The fraction of sp³-hybridized carbons (Fsp3) is 0.476. The lowest BCUT2D eigenvalue weighted by Gasteiger charge is -2.36. The molecule has 0 saturated carbocycles. The molecule has 2 aromatic heterocycles. The molecule has 7 nitrogen and oxygen atoms in total. The molecule has 1 fully saturated rings. The molecule has 1 aromatic carbocycles. The van der Waals surface area contributed by atoms with Crippen LogP contribution in [0.15, 0.2) is 46.1 Å². The molecule has 29 heavy (non-hydrogen) atoms. The number of fused-ring (bicyclic) bond motifs is 1. The van der Waals surface area contributed by atoms with Gasteiger partial charge in [0.05, 0.1) is 20.9 Å². The molecule has 1 saturated heterocycles. The van der Waals surface area contributed by atoms with E-state index in [2.05, 4.69) is 45.4 Å². The predicted molar refractivity (Wildman–Crippen MR) is 117 cm³/mol. The normalized spacial score (nSPS) is 15.9. The lowest BCUT2D eigenvalue weighted by molar-refractivity contribution is 0.169. The van der Waals surface area contributed by atoms with Crippen molar-refractivity contribution in [2.45, 2.75) is 26.3 Å². The van der Waals surface area contributed by atoms with Crippen LogP contribution in [0.3, 0.4) is 0 Å². The summed E-state index contributed by atoms with van der Waals surface area (Å²) in [7, 11) is 0. The minimum Gasteiger partial charge on any atom is -0.364 e. The highest BCUT2D eigenvalue weighted by atomic mass is 32.1. The van der Waals surface area contributed by atoms with Gasteiger partial charge in [-0.25, -0.2) is 4.98 Å². The SMILES string of the molecule is CCNC(=NCCCc1nc2ccccc2s1)N1CCN(Cc2ccon2)CC1. The van der Waals surface area contributed by atoms with Crippen molar-refractivity contribution in [3.05, 3.63) is 47.3 Å². The van der Waals surface area contributed by atoms with Crippen LogP contribution >= 0.6 is 11.3 Å². The Balaban J connectivity index is 1.26. The minimum absolute atomic E-state index is 0.817.